The van der Waals surface area contributed by atoms with Gasteiger partial charge in [-0.3, -0.25) is 0 Å². The lowest BCUT2D eigenvalue weighted by Crippen LogP contribution is -1.97. The van der Waals surface area contributed by atoms with Crippen LogP contribution in [-0.2, 0) is 13.0 Å². The Morgan fingerprint density at radius 2 is 1.94 bits per heavy atom. The highest BCUT2D eigenvalue weighted by molar-refractivity contribution is 7.09. The predicted molar refractivity (Wildman–Crippen MR) is 76.7 cm³/mol. The Labute approximate surface area is 108 Å². The van der Waals surface area contributed by atoms with Gasteiger partial charge in [0.15, 0.2) is 0 Å². The van der Waals surface area contributed by atoms with Crippen LogP contribution in [0.4, 0.5) is 5.69 Å². The van der Waals surface area contributed by atoms with Gasteiger partial charge in [-0.25, -0.2) is 0 Å². The van der Waals surface area contributed by atoms with E-state index >= 15 is 0 Å². The lowest BCUT2D eigenvalue weighted by Gasteiger charge is -2.06. The van der Waals surface area contributed by atoms with Crippen molar-refractivity contribution >= 4 is 17.0 Å². The Kier molecular flexibility index (Phi) is 4.63. The number of benzene rings is 1. The molecule has 0 saturated carbocycles. The van der Waals surface area contributed by atoms with Crippen molar-refractivity contribution in [3.8, 4) is 0 Å². The van der Waals surface area contributed by atoms with Crippen LogP contribution in [0.3, 0.4) is 0 Å². The molecule has 0 saturated heterocycles. The first-order chi connectivity index (χ1) is 8.38. The van der Waals surface area contributed by atoms with E-state index < -0.39 is 0 Å². The molecule has 1 heterocycles. The molecular formula is C15H19NS. The molecule has 0 fully saturated rings. The molecule has 1 aromatic carbocycles. The maximum atomic E-state index is 3.44. The van der Waals surface area contributed by atoms with E-state index in [-0.39, 0.29) is 0 Å². The van der Waals surface area contributed by atoms with Gasteiger partial charge in [0.2, 0.25) is 0 Å². The zero-order chi connectivity index (χ0) is 11.9. The summed E-state index contributed by atoms with van der Waals surface area (Å²) >= 11 is 1.79. The molecule has 1 nitrogen and oxygen atoms in total. The van der Waals surface area contributed by atoms with Gasteiger partial charge in [0.05, 0.1) is 0 Å². The topological polar surface area (TPSA) is 12.0 Å². The maximum Gasteiger partial charge on any atom is 0.0494 e. The number of nitrogens with one attached hydrogen (secondary N) is 1. The molecule has 1 N–H and O–H groups in total. The summed E-state index contributed by atoms with van der Waals surface area (Å²) in [5.74, 6) is 0. The Hall–Kier alpha value is -1.28. The van der Waals surface area contributed by atoms with Crippen molar-refractivity contribution in [1.29, 1.82) is 0 Å². The minimum atomic E-state index is 0.923. The summed E-state index contributed by atoms with van der Waals surface area (Å²) < 4.78 is 0. The van der Waals surface area contributed by atoms with E-state index in [2.05, 4.69) is 54.0 Å². The summed E-state index contributed by atoms with van der Waals surface area (Å²) in [4.78, 5) is 1.38. The average molecular weight is 245 g/mol. The molecule has 90 valence electrons. The Balaban J connectivity index is 1.85. The zero-order valence-corrected chi connectivity index (χ0v) is 11.1. The van der Waals surface area contributed by atoms with Crippen LogP contribution in [0.15, 0.2) is 41.8 Å². The van der Waals surface area contributed by atoms with Crippen molar-refractivity contribution in [2.24, 2.45) is 0 Å². The highest BCUT2D eigenvalue weighted by atomic mass is 32.1. The fourth-order valence-electron chi connectivity index (χ4n) is 1.77. The summed E-state index contributed by atoms with van der Waals surface area (Å²) in [6.07, 6.45) is 3.74. The number of hydrogen-bond acceptors (Lipinski definition) is 2. The first kappa shape index (κ1) is 12.2. The Bertz CT molecular complexity index is 417. The van der Waals surface area contributed by atoms with Gasteiger partial charge in [-0.15, -0.1) is 11.3 Å². The van der Waals surface area contributed by atoms with Crippen LogP contribution in [-0.4, -0.2) is 0 Å². The van der Waals surface area contributed by atoms with Crippen LogP contribution >= 0.6 is 11.3 Å². The lowest BCUT2D eigenvalue weighted by molar-refractivity contribution is 0.795. The molecular weight excluding hydrogens is 226 g/mol. The summed E-state index contributed by atoms with van der Waals surface area (Å²) in [7, 11) is 0. The standard InChI is InChI=1S/C15H19NS/c1-2-3-5-13-7-9-14(10-8-13)16-12-15-6-4-11-17-15/h4,6-11,16H,2-3,5,12H2,1H3. The largest absolute Gasteiger partial charge is 0.380 e. The average Bonchev–Trinajstić information content (AvgIpc) is 2.88. The molecule has 0 bridgehead atoms. The third kappa shape index (κ3) is 3.90. The summed E-state index contributed by atoms with van der Waals surface area (Å²) in [5.41, 5.74) is 2.65. The van der Waals surface area contributed by atoms with E-state index in [4.69, 9.17) is 0 Å². The van der Waals surface area contributed by atoms with Crippen LogP contribution < -0.4 is 5.32 Å². The lowest BCUT2D eigenvalue weighted by atomic mass is 10.1. The molecule has 2 heteroatoms. The highest BCUT2D eigenvalue weighted by Gasteiger charge is 1.96. The number of hydrogen-bond donors (Lipinski definition) is 1. The fourth-order valence-corrected chi connectivity index (χ4v) is 2.42. The van der Waals surface area contributed by atoms with E-state index in [1.54, 1.807) is 11.3 Å². The van der Waals surface area contributed by atoms with Crippen LogP contribution in [0.25, 0.3) is 0 Å². The summed E-state index contributed by atoms with van der Waals surface area (Å²) in [6.45, 7) is 3.16. The van der Waals surface area contributed by atoms with Gasteiger partial charge < -0.3 is 5.32 Å². The molecule has 0 aliphatic rings. The zero-order valence-electron chi connectivity index (χ0n) is 10.3. The van der Waals surface area contributed by atoms with Gasteiger partial charge in [0.25, 0.3) is 0 Å². The van der Waals surface area contributed by atoms with Crippen LogP contribution in [0, 0.1) is 0 Å². The minimum Gasteiger partial charge on any atom is -0.380 e. The van der Waals surface area contributed by atoms with Gasteiger partial charge in [-0.05, 0) is 42.0 Å². The SMILES string of the molecule is CCCCc1ccc(NCc2cccs2)cc1. The summed E-state index contributed by atoms with van der Waals surface area (Å²) in [6, 6.07) is 13.1. The molecule has 0 unspecified atom stereocenters. The number of anilines is 1. The normalized spacial score (nSPS) is 10.4. The number of aryl methyl sites for hydroxylation is 1. The second kappa shape index (κ2) is 6.45. The molecule has 2 aromatic rings. The van der Waals surface area contributed by atoms with E-state index in [1.165, 1.54) is 35.4 Å². The molecule has 0 atom stereocenters. The summed E-state index contributed by atoms with van der Waals surface area (Å²) in [5, 5.41) is 5.56. The number of rotatable bonds is 6. The van der Waals surface area contributed by atoms with Gasteiger partial charge in [0, 0.05) is 17.1 Å². The fraction of sp³-hybridized carbons (Fsp3) is 0.333. The van der Waals surface area contributed by atoms with Gasteiger partial charge in [0.1, 0.15) is 0 Å². The number of thiophene rings is 1. The third-order valence-electron chi connectivity index (χ3n) is 2.82. The van der Waals surface area contributed by atoms with Crippen molar-refractivity contribution in [1.82, 2.24) is 0 Å². The van der Waals surface area contributed by atoms with Crippen LogP contribution in [0.5, 0.6) is 0 Å². The molecule has 0 radical (unpaired) electrons. The van der Waals surface area contributed by atoms with Crippen molar-refractivity contribution in [2.45, 2.75) is 32.7 Å². The predicted octanol–water partition coefficient (Wildman–Crippen LogP) is 4.70. The van der Waals surface area contributed by atoms with E-state index in [0.717, 1.165) is 6.54 Å². The van der Waals surface area contributed by atoms with E-state index in [1.807, 2.05) is 0 Å². The third-order valence-corrected chi connectivity index (χ3v) is 3.70. The van der Waals surface area contributed by atoms with Gasteiger partial charge >= 0.3 is 0 Å². The second-order valence-electron chi connectivity index (χ2n) is 4.23. The molecule has 17 heavy (non-hydrogen) atoms. The first-order valence-corrected chi connectivity index (χ1v) is 7.11. The van der Waals surface area contributed by atoms with Gasteiger partial charge in [-0.2, -0.15) is 0 Å². The highest BCUT2D eigenvalue weighted by Crippen LogP contribution is 2.14. The van der Waals surface area contributed by atoms with Crippen molar-refractivity contribution in [2.75, 3.05) is 5.32 Å². The maximum absolute atomic E-state index is 3.44. The molecule has 0 aliphatic heterocycles. The van der Waals surface area contributed by atoms with Crippen molar-refractivity contribution in [3.05, 3.63) is 52.2 Å². The van der Waals surface area contributed by atoms with E-state index in [9.17, 15) is 0 Å². The van der Waals surface area contributed by atoms with Crippen molar-refractivity contribution in [3.63, 3.8) is 0 Å². The van der Waals surface area contributed by atoms with Gasteiger partial charge in [-0.1, -0.05) is 31.5 Å². The molecule has 0 aliphatic carbocycles. The Morgan fingerprint density at radius 1 is 1.12 bits per heavy atom. The number of unbranched alkanes of at least 4 members (excludes halogenated alkanes) is 1. The Morgan fingerprint density at radius 3 is 2.59 bits per heavy atom. The minimum absolute atomic E-state index is 0.923. The molecule has 2 rings (SSSR count). The van der Waals surface area contributed by atoms with Crippen LogP contribution in [0.2, 0.25) is 0 Å². The first-order valence-electron chi connectivity index (χ1n) is 6.23. The molecule has 0 spiro atoms. The quantitative estimate of drug-likeness (QED) is 0.777. The second-order valence-corrected chi connectivity index (χ2v) is 5.27. The molecule has 0 amide bonds. The van der Waals surface area contributed by atoms with E-state index in [0.29, 0.717) is 0 Å². The monoisotopic (exact) mass is 245 g/mol. The smallest absolute Gasteiger partial charge is 0.0494 e. The van der Waals surface area contributed by atoms with Crippen LogP contribution in [0.1, 0.15) is 30.2 Å². The molecule has 1 aromatic heterocycles. The van der Waals surface area contributed by atoms with Crippen molar-refractivity contribution < 1.29 is 0 Å².